The highest BCUT2D eigenvalue weighted by Gasteiger charge is 2.08. The molecular formula is C14H21F2N3O2. The van der Waals surface area contributed by atoms with Crippen LogP contribution >= 0.6 is 0 Å². The van der Waals surface area contributed by atoms with Gasteiger partial charge in [0.25, 0.3) is 12.3 Å². The molecule has 0 saturated carbocycles. The molecule has 2 N–H and O–H groups in total. The van der Waals surface area contributed by atoms with Gasteiger partial charge in [-0.25, -0.2) is 13.8 Å². The lowest BCUT2D eigenvalue weighted by Gasteiger charge is -2.09. The van der Waals surface area contributed by atoms with Crippen molar-refractivity contribution in [2.75, 3.05) is 31.6 Å². The average Bonchev–Trinajstić information content (AvgIpc) is 2.43. The Morgan fingerprint density at radius 3 is 2.81 bits per heavy atom. The molecule has 118 valence electrons. The smallest absolute Gasteiger partial charge is 0.261 e. The number of carbonyl (C=O) groups is 1. The van der Waals surface area contributed by atoms with Crippen LogP contribution in [0.3, 0.4) is 0 Å². The number of ether oxygens (including phenoxy) is 1. The van der Waals surface area contributed by atoms with E-state index in [-0.39, 0.29) is 19.1 Å². The highest BCUT2D eigenvalue weighted by atomic mass is 19.3. The summed E-state index contributed by atoms with van der Waals surface area (Å²) >= 11 is 0. The van der Waals surface area contributed by atoms with Crippen LogP contribution in [0.4, 0.5) is 14.6 Å². The zero-order chi connectivity index (χ0) is 15.7. The van der Waals surface area contributed by atoms with Gasteiger partial charge >= 0.3 is 0 Å². The number of aromatic nitrogens is 1. The Hall–Kier alpha value is -1.76. The zero-order valence-electron chi connectivity index (χ0n) is 12.3. The van der Waals surface area contributed by atoms with E-state index in [0.717, 1.165) is 18.7 Å². The number of nitrogens with zero attached hydrogens (tertiary/aromatic N) is 1. The van der Waals surface area contributed by atoms with E-state index in [2.05, 4.69) is 15.6 Å². The summed E-state index contributed by atoms with van der Waals surface area (Å²) < 4.78 is 28.4. The summed E-state index contributed by atoms with van der Waals surface area (Å²) in [4.78, 5) is 16.2. The fourth-order valence-electron chi connectivity index (χ4n) is 1.65. The molecule has 0 bridgehead atoms. The molecule has 0 saturated heterocycles. The second kappa shape index (κ2) is 9.23. The third-order valence-electron chi connectivity index (χ3n) is 2.55. The molecule has 0 fully saturated rings. The number of carbonyl (C=O) groups excluding carboxylic acids is 1. The van der Waals surface area contributed by atoms with E-state index in [1.807, 2.05) is 6.92 Å². The van der Waals surface area contributed by atoms with Crippen molar-refractivity contribution in [1.82, 2.24) is 10.3 Å². The summed E-state index contributed by atoms with van der Waals surface area (Å²) in [6.07, 6.45) is -1.53. The Morgan fingerprint density at radius 2 is 2.14 bits per heavy atom. The highest BCUT2D eigenvalue weighted by Crippen LogP contribution is 2.10. The van der Waals surface area contributed by atoms with E-state index < -0.39 is 13.0 Å². The van der Waals surface area contributed by atoms with Gasteiger partial charge in [0.2, 0.25) is 0 Å². The van der Waals surface area contributed by atoms with Crippen LogP contribution in [0.2, 0.25) is 0 Å². The molecule has 0 radical (unpaired) electrons. The lowest BCUT2D eigenvalue weighted by atomic mass is 10.2. The van der Waals surface area contributed by atoms with E-state index in [4.69, 9.17) is 4.74 Å². The van der Waals surface area contributed by atoms with Gasteiger partial charge in [-0.2, -0.15) is 0 Å². The molecule has 0 unspecified atom stereocenters. The minimum Gasteiger partial charge on any atom is -0.374 e. The van der Waals surface area contributed by atoms with Crippen LogP contribution in [0.5, 0.6) is 0 Å². The second-order valence-electron chi connectivity index (χ2n) is 4.53. The van der Waals surface area contributed by atoms with Gasteiger partial charge in [-0.05, 0) is 25.5 Å². The molecule has 0 aromatic carbocycles. The van der Waals surface area contributed by atoms with E-state index >= 15 is 0 Å². The molecule has 0 atom stereocenters. The third-order valence-corrected chi connectivity index (χ3v) is 2.55. The second-order valence-corrected chi connectivity index (χ2v) is 4.53. The SMILES string of the molecule is CCCNc1cc(C(=O)NCCOCC(F)F)cc(C)n1. The van der Waals surface area contributed by atoms with E-state index in [1.165, 1.54) is 0 Å². The summed E-state index contributed by atoms with van der Waals surface area (Å²) in [5, 5.41) is 5.74. The number of hydrogen-bond acceptors (Lipinski definition) is 4. The first-order valence-electron chi connectivity index (χ1n) is 6.89. The van der Waals surface area contributed by atoms with Crippen LogP contribution in [-0.2, 0) is 4.74 Å². The van der Waals surface area contributed by atoms with Gasteiger partial charge in [0.05, 0.1) is 6.61 Å². The summed E-state index contributed by atoms with van der Waals surface area (Å²) in [6, 6.07) is 3.34. The molecule has 5 nitrogen and oxygen atoms in total. The van der Waals surface area contributed by atoms with Crippen molar-refractivity contribution >= 4 is 11.7 Å². The largest absolute Gasteiger partial charge is 0.374 e. The normalized spacial score (nSPS) is 10.7. The van der Waals surface area contributed by atoms with Gasteiger partial charge in [-0.1, -0.05) is 6.92 Å². The van der Waals surface area contributed by atoms with Crippen molar-refractivity contribution in [3.05, 3.63) is 23.4 Å². The van der Waals surface area contributed by atoms with Crippen molar-refractivity contribution in [2.24, 2.45) is 0 Å². The van der Waals surface area contributed by atoms with Gasteiger partial charge < -0.3 is 15.4 Å². The molecule has 0 aliphatic heterocycles. The highest BCUT2D eigenvalue weighted by molar-refractivity contribution is 5.94. The fourth-order valence-corrected chi connectivity index (χ4v) is 1.65. The first-order chi connectivity index (χ1) is 10.0. The maximum atomic E-state index is 11.9. The van der Waals surface area contributed by atoms with Gasteiger partial charge in [-0.15, -0.1) is 0 Å². The van der Waals surface area contributed by atoms with E-state index in [1.54, 1.807) is 19.1 Å². The predicted molar refractivity (Wildman–Crippen MR) is 76.9 cm³/mol. The van der Waals surface area contributed by atoms with Crippen molar-refractivity contribution in [2.45, 2.75) is 26.7 Å². The number of rotatable bonds is 9. The minimum atomic E-state index is -2.49. The predicted octanol–water partition coefficient (Wildman–Crippen LogP) is 2.22. The molecular weight excluding hydrogens is 280 g/mol. The van der Waals surface area contributed by atoms with Gasteiger partial charge in [0.1, 0.15) is 12.4 Å². The molecule has 7 heteroatoms. The van der Waals surface area contributed by atoms with Crippen LogP contribution in [0, 0.1) is 6.92 Å². The van der Waals surface area contributed by atoms with Gasteiger partial charge in [0, 0.05) is 24.3 Å². The fraction of sp³-hybridized carbons (Fsp3) is 0.571. The van der Waals surface area contributed by atoms with Crippen molar-refractivity contribution in [3.63, 3.8) is 0 Å². The maximum absolute atomic E-state index is 11.9. The Bertz CT molecular complexity index is 456. The maximum Gasteiger partial charge on any atom is 0.261 e. The number of anilines is 1. The molecule has 1 aromatic heterocycles. The minimum absolute atomic E-state index is 0.0566. The van der Waals surface area contributed by atoms with Crippen LogP contribution < -0.4 is 10.6 Å². The standard InChI is InChI=1S/C14H21F2N3O2/c1-3-4-17-13-8-11(7-10(2)19-13)14(20)18-5-6-21-9-12(15)16/h7-8,12H,3-6,9H2,1-2H3,(H,17,19)(H,18,20). The number of aryl methyl sites for hydroxylation is 1. The molecule has 0 spiro atoms. The van der Waals surface area contributed by atoms with Crippen LogP contribution in [0.25, 0.3) is 0 Å². The van der Waals surface area contributed by atoms with Crippen molar-refractivity contribution < 1.29 is 18.3 Å². The number of hydrogen-bond donors (Lipinski definition) is 2. The Morgan fingerprint density at radius 1 is 1.38 bits per heavy atom. The number of halogens is 2. The van der Waals surface area contributed by atoms with Crippen LogP contribution in [0.15, 0.2) is 12.1 Å². The number of amides is 1. The summed E-state index contributed by atoms with van der Waals surface area (Å²) in [7, 11) is 0. The molecule has 1 rings (SSSR count). The first-order valence-corrected chi connectivity index (χ1v) is 6.89. The zero-order valence-corrected chi connectivity index (χ0v) is 12.3. The number of pyridine rings is 1. The van der Waals surface area contributed by atoms with Crippen LogP contribution in [0.1, 0.15) is 29.4 Å². The average molecular weight is 301 g/mol. The molecule has 21 heavy (non-hydrogen) atoms. The summed E-state index contributed by atoms with van der Waals surface area (Å²) in [5.41, 5.74) is 1.21. The molecule has 1 heterocycles. The number of nitrogens with one attached hydrogen (secondary N) is 2. The Kier molecular flexibility index (Phi) is 7.60. The van der Waals surface area contributed by atoms with Gasteiger partial charge in [0.15, 0.2) is 0 Å². The topological polar surface area (TPSA) is 63.2 Å². The summed E-state index contributed by atoms with van der Waals surface area (Å²) in [5.74, 6) is 0.372. The quantitative estimate of drug-likeness (QED) is 0.687. The Labute approximate surface area is 123 Å². The van der Waals surface area contributed by atoms with E-state index in [9.17, 15) is 13.6 Å². The Balaban J connectivity index is 2.47. The van der Waals surface area contributed by atoms with Gasteiger partial charge in [-0.3, -0.25) is 4.79 Å². The van der Waals surface area contributed by atoms with Crippen LogP contribution in [-0.4, -0.2) is 43.6 Å². The van der Waals surface area contributed by atoms with Crippen molar-refractivity contribution in [3.8, 4) is 0 Å². The van der Waals surface area contributed by atoms with Crippen molar-refractivity contribution in [1.29, 1.82) is 0 Å². The summed E-state index contributed by atoms with van der Waals surface area (Å²) in [6.45, 7) is 4.25. The third kappa shape index (κ3) is 6.99. The monoisotopic (exact) mass is 301 g/mol. The van der Waals surface area contributed by atoms with E-state index in [0.29, 0.717) is 11.4 Å². The lowest BCUT2D eigenvalue weighted by Crippen LogP contribution is -2.28. The molecule has 1 amide bonds. The molecule has 0 aliphatic carbocycles. The molecule has 0 aliphatic rings. The first kappa shape index (κ1) is 17.3. The molecule has 1 aromatic rings. The number of alkyl halides is 2. The lowest BCUT2D eigenvalue weighted by molar-refractivity contribution is 0.0188.